The molecular weight excluding hydrogens is 253 g/mol. The van der Waals surface area contributed by atoms with E-state index in [4.69, 9.17) is 4.42 Å². The molecule has 1 saturated carbocycles. The van der Waals surface area contributed by atoms with Crippen LogP contribution in [-0.4, -0.2) is 13.6 Å². The highest BCUT2D eigenvalue weighted by molar-refractivity contribution is 5.78. The van der Waals surface area contributed by atoms with Crippen molar-refractivity contribution in [2.24, 2.45) is 5.92 Å². The number of fused-ring (bicyclic) bond motifs is 1. The Hall–Kier alpha value is -1.35. The van der Waals surface area contributed by atoms with E-state index in [0.29, 0.717) is 17.4 Å². The van der Waals surface area contributed by atoms with Crippen LogP contribution in [0.1, 0.15) is 43.8 Å². The average Bonchev–Trinajstić information content (AvgIpc) is 2.74. The van der Waals surface area contributed by atoms with E-state index >= 15 is 0 Å². The predicted octanol–water partition coefficient (Wildman–Crippen LogP) is 4.46. The first-order valence-electron chi connectivity index (χ1n) is 7.62. The SMILES string of the molecule is CNCC1CCCCCC1c1cc2cccc(F)c2o1. The summed E-state index contributed by atoms with van der Waals surface area (Å²) in [5, 5.41) is 4.18. The summed E-state index contributed by atoms with van der Waals surface area (Å²) >= 11 is 0. The fourth-order valence-corrected chi connectivity index (χ4v) is 3.50. The predicted molar refractivity (Wildman–Crippen MR) is 79.4 cm³/mol. The summed E-state index contributed by atoms with van der Waals surface area (Å²) in [5.41, 5.74) is 0.412. The van der Waals surface area contributed by atoms with Gasteiger partial charge in [0.25, 0.3) is 0 Å². The minimum absolute atomic E-state index is 0.257. The van der Waals surface area contributed by atoms with Gasteiger partial charge < -0.3 is 9.73 Å². The third-order valence-electron chi connectivity index (χ3n) is 4.51. The third-order valence-corrected chi connectivity index (χ3v) is 4.51. The van der Waals surface area contributed by atoms with Gasteiger partial charge in [0.15, 0.2) is 11.4 Å². The van der Waals surface area contributed by atoms with Crippen LogP contribution in [0.3, 0.4) is 0 Å². The molecule has 0 bridgehead atoms. The zero-order valence-corrected chi connectivity index (χ0v) is 12.0. The van der Waals surface area contributed by atoms with Gasteiger partial charge in [-0.1, -0.05) is 31.4 Å². The second-order valence-corrected chi connectivity index (χ2v) is 5.87. The van der Waals surface area contributed by atoms with E-state index in [-0.39, 0.29) is 5.82 Å². The summed E-state index contributed by atoms with van der Waals surface area (Å²) in [4.78, 5) is 0. The minimum atomic E-state index is -0.257. The van der Waals surface area contributed by atoms with E-state index in [9.17, 15) is 4.39 Å². The van der Waals surface area contributed by atoms with E-state index in [1.165, 1.54) is 31.7 Å². The number of para-hydroxylation sites is 1. The van der Waals surface area contributed by atoms with Gasteiger partial charge in [-0.05, 0) is 44.5 Å². The first-order valence-corrected chi connectivity index (χ1v) is 7.62. The summed E-state index contributed by atoms with van der Waals surface area (Å²) in [7, 11) is 2.00. The van der Waals surface area contributed by atoms with Crippen molar-refractivity contribution in [3.63, 3.8) is 0 Å². The van der Waals surface area contributed by atoms with Gasteiger partial charge in [0, 0.05) is 11.3 Å². The molecule has 1 aliphatic rings. The molecule has 1 fully saturated rings. The first kappa shape index (κ1) is 13.6. The molecule has 0 amide bonds. The number of hydrogen-bond acceptors (Lipinski definition) is 2. The van der Waals surface area contributed by atoms with Gasteiger partial charge in [-0.15, -0.1) is 0 Å². The van der Waals surface area contributed by atoms with Crippen molar-refractivity contribution in [3.05, 3.63) is 35.8 Å². The highest BCUT2D eigenvalue weighted by atomic mass is 19.1. The highest BCUT2D eigenvalue weighted by Gasteiger charge is 2.27. The van der Waals surface area contributed by atoms with Crippen LogP contribution in [-0.2, 0) is 0 Å². The van der Waals surface area contributed by atoms with Gasteiger partial charge in [0.1, 0.15) is 5.76 Å². The quantitative estimate of drug-likeness (QED) is 0.837. The summed E-state index contributed by atoms with van der Waals surface area (Å²) in [5.74, 6) is 1.71. The Balaban J connectivity index is 1.96. The molecule has 3 rings (SSSR count). The molecular formula is C17H22FNO. The maximum absolute atomic E-state index is 13.8. The van der Waals surface area contributed by atoms with Gasteiger partial charge in [-0.25, -0.2) is 4.39 Å². The Bertz CT molecular complexity index is 577. The van der Waals surface area contributed by atoms with Crippen molar-refractivity contribution in [2.45, 2.75) is 38.0 Å². The molecule has 108 valence electrons. The van der Waals surface area contributed by atoms with Crippen LogP contribution < -0.4 is 5.32 Å². The van der Waals surface area contributed by atoms with E-state index in [2.05, 4.69) is 5.32 Å². The Morgan fingerprint density at radius 3 is 2.90 bits per heavy atom. The number of furan rings is 1. The molecule has 1 aliphatic carbocycles. The van der Waals surface area contributed by atoms with Crippen molar-refractivity contribution in [1.29, 1.82) is 0 Å². The summed E-state index contributed by atoms with van der Waals surface area (Å²) < 4.78 is 19.7. The molecule has 0 spiro atoms. The molecule has 1 N–H and O–H groups in total. The van der Waals surface area contributed by atoms with E-state index in [1.807, 2.05) is 19.2 Å². The number of hydrogen-bond donors (Lipinski definition) is 1. The Kier molecular flexibility index (Phi) is 4.06. The van der Waals surface area contributed by atoms with Crippen LogP contribution in [0.5, 0.6) is 0 Å². The second kappa shape index (κ2) is 5.96. The van der Waals surface area contributed by atoms with Crippen LogP contribution in [0.4, 0.5) is 4.39 Å². The maximum atomic E-state index is 13.8. The van der Waals surface area contributed by atoms with E-state index in [0.717, 1.165) is 24.1 Å². The fraction of sp³-hybridized carbons (Fsp3) is 0.529. The summed E-state index contributed by atoms with van der Waals surface area (Å²) in [6.45, 7) is 1.00. The van der Waals surface area contributed by atoms with Crippen molar-refractivity contribution >= 4 is 11.0 Å². The molecule has 0 saturated heterocycles. The van der Waals surface area contributed by atoms with Crippen LogP contribution >= 0.6 is 0 Å². The smallest absolute Gasteiger partial charge is 0.169 e. The normalized spacial score (nSPS) is 23.9. The lowest BCUT2D eigenvalue weighted by Crippen LogP contribution is -2.23. The summed E-state index contributed by atoms with van der Waals surface area (Å²) in [6, 6.07) is 7.18. The summed E-state index contributed by atoms with van der Waals surface area (Å²) in [6.07, 6.45) is 6.20. The molecule has 2 unspecified atom stereocenters. The maximum Gasteiger partial charge on any atom is 0.169 e. The fourth-order valence-electron chi connectivity index (χ4n) is 3.50. The highest BCUT2D eigenvalue weighted by Crippen LogP contribution is 2.38. The number of nitrogens with one attached hydrogen (secondary N) is 1. The van der Waals surface area contributed by atoms with Crippen LogP contribution in [0.2, 0.25) is 0 Å². The van der Waals surface area contributed by atoms with E-state index in [1.54, 1.807) is 6.07 Å². The molecule has 2 aromatic rings. The van der Waals surface area contributed by atoms with Gasteiger partial charge in [-0.3, -0.25) is 0 Å². The van der Waals surface area contributed by atoms with Crippen LogP contribution in [0, 0.1) is 11.7 Å². The largest absolute Gasteiger partial charge is 0.458 e. The standard InChI is InChI=1S/C17H22FNO/c1-19-11-13-6-3-2-4-8-14(13)16-10-12-7-5-9-15(18)17(12)20-16/h5,7,9-10,13-14,19H,2-4,6,8,11H2,1H3. The third kappa shape index (κ3) is 2.59. The monoisotopic (exact) mass is 275 g/mol. The molecule has 20 heavy (non-hydrogen) atoms. The van der Waals surface area contributed by atoms with Crippen molar-refractivity contribution in [1.82, 2.24) is 5.32 Å². The van der Waals surface area contributed by atoms with Gasteiger partial charge in [-0.2, -0.15) is 0 Å². The topological polar surface area (TPSA) is 25.2 Å². The molecule has 1 aromatic carbocycles. The van der Waals surface area contributed by atoms with Gasteiger partial charge in [0.2, 0.25) is 0 Å². The lowest BCUT2D eigenvalue weighted by molar-refractivity contribution is 0.339. The molecule has 1 heterocycles. The van der Waals surface area contributed by atoms with E-state index < -0.39 is 0 Å². The Morgan fingerprint density at radius 1 is 1.25 bits per heavy atom. The molecule has 3 heteroatoms. The Morgan fingerprint density at radius 2 is 2.10 bits per heavy atom. The average molecular weight is 275 g/mol. The lowest BCUT2D eigenvalue weighted by Gasteiger charge is -2.23. The van der Waals surface area contributed by atoms with Gasteiger partial charge >= 0.3 is 0 Å². The van der Waals surface area contributed by atoms with Crippen LogP contribution in [0.15, 0.2) is 28.7 Å². The second-order valence-electron chi connectivity index (χ2n) is 5.87. The molecule has 2 atom stereocenters. The zero-order valence-electron chi connectivity index (χ0n) is 12.0. The number of halogens is 1. The van der Waals surface area contributed by atoms with Crippen molar-refractivity contribution < 1.29 is 8.81 Å². The molecule has 1 aromatic heterocycles. The van der Waals surface area contributed by atoms with Gasteiger partial charge in [0.05, 0.1) is 0 Å². The van der Waals surface area contributed by atoms with Crippen LogP contribution in [0.25, 0.3) is 11.0 Å². The minimum Gasteiger partial charge on any atom is -0.458 e. The molecule has 0 radical (unpaired) electrons. The van der Waals surface area contributed by atoms with Crippen molar-refractivity contribution in [3.8, 4) is 0 Å². The van der Waals surface area contributed by atoms with Crippen molar-refractivity contribution in [2.75, 3.05) is 13.6 Å². The zero-order chi connectivity index (χ0) is 13.9. The number of rotatable bonds is 3. The number of benzene rings is 1. The molecule has 2 nitrogen and oxygen atoms in total. The lowest BCUT2D eigenvalue weighted by atomic mass is 9.86. The molecule has 0 aliphatic heterocycles. The first-order chi connectivity index (χ1) is 9.79. The Labute approximate surface area is 119 Å².